The molecule has 0 aromatic heterocycles. The maximum Gasteiger partial charge on any atom is 0.0159 e. The fourth-order valence-electron chi connectivity index (χ4n) is 9.99. The lowest BCUT2D eigenvalue weighted by molar-refractivity contribution is 0.652. The van der Waals surface area contributed by atoms with E-state index in [4.69, 9.17) is 0 Å². The number of rotatable bonds is 1. The second-order valence-corrected chi connectivity index (χ2v) is 15.8. The van der Waals surface area contributed by atoms with E-state index < -0.39 is 0 Å². The number of hydrogen-bond acceptors (Lipinski definition) is 0. The van der Waals surface area contributed by atoms with E-state index in [-0.39, 0.29) is 10.8 Å². The van der Waals surface area contributed by atoms with Gasteiger partial charge in [0.2, 0.25) is 0 Å². The topological polar surface area (TPSA) is 0 Å². The average molecular weight is 625 g/mol. The first-order valence-electron chi connectivity index (χ1n) is 17.7. The Kier molecular flexibility index (Phi) is 5.02. The Bertz CT molecular complexity index is 2910. The second kappa shape index (κ2) is 8.95. The van der Waals surface area contributed by atoms with Gasteiger partial charge >= 0.3 is 0 Å². The molecule has 0 saturated carbocycles. The van der Waals surface area contributed by atoms with E-state index in [1.807, 2.05) is 0 Å². The lowest BCUT2D eigenvalue weighted by atomic mass is 9.79. The lowest BCUT2D eigenvalue weighted by Gasteiger charge is -2.24. The van der Waals surface area contributed by atoms with E-state index >= 15 is 0 Å². The Balaban J connectivity index is 1.18. The van der Waals surface area contributed by atoms with E-state index in [2.05, 4.69) is 162 Å². The van der Waals surface area contributed by atoms with Crippen molar-refractivity contribution < 1.29 is 0 Å². The van der Waals surface area contributed by atoms with Crippen molar-refractivity contribution in [1.29, 1.82) is 0 Å². The molecule has 9 aromatic carbocycles. The highest BCUT2D eigenvalue weighted by atomic mass is 14.5. The van der Waals surface area contributed by atoms with E-state index in [9.17, 15) is 0 Å². The van der Waals surface area contributed by atoms with E-state index in [0.29, 0.717) is 0 Å². The van der Waals surface area contributed by atoms with Crippen LogP contribution in [-0.2, 0) is 10.8 Å². The molecule has 232 valence electrons. The molecule has 0 amide bonds. The predicted octanol–water partition coefficient (Wildman–Crippen LogP) is 13.5. The molecule has 2 aliphatic carbocycles. The highest BCUT2D eigenvalue weighted by Gasteiger charge is 2.43. The third-order valence-electron chi connectivity index (χ3n) is 12.5. The fraction of sp³-hybridized carbons (Fsp3) is 0.143. The first kappa shape index (κ1) is 27.5. The quantitative estimate of drug-likeness (QED) is 0.159. The van der Waals surface area contributed by atoms with Crippen LogP contribution in [-0.4, -0.2) is 0 Å². The van der Waals surface area contributed by atoms with Gasteiger partial charge in [-0.25, -0.2) is 0 Å². The van der Waals surface area contributed by atoms with Gasteiger partial charge in [0.1, 0.15) is 0 Å². The van der Waals surface area contributed by atoms with Crippen LogP contribution in [0.2, 0.25) is 0 Å². The molecule has 0 nitrogen and oxygen atoms in total. The molecule has 2 aliphatic rings. The van der Waals surface area contributed by atoms with Crippen molar-refractivity contribution in [2.75, 3.05) is 0 Å². The van der Waals surface area contributed by atoms with E-state index in [1.54, 1.807) is 0 Å². The molecule has 0 spiro atoms. The number of hydrogen-bond donors (Lipinski definition) is 0. The molecule has 9 aromatic rings. The fourth-order valence-corrected chi connectivity index (χ4v) is 9.99. The maximum absolute atomic E-state index is 2.58. The number of aryl methyl sites for hydroxylation is 1. The Morgan fingerprint density at radius 1 is 0.367 bits per heavy atom. The zero-order valence-electron chi connectivity index (χ0n) is 28.6. The van der Waals surface area contributed by atoms with Crippen molar-refractivity contribution in [3.8, 4) is 33.4 Å². The molecule has 0 bridgehead atoms. The highest BCUT2D eigenvalue weighted by Crippen LogP contribution is 2.59. The molecule has 0 aliphatic heterocycles. The zero-order valence-corrected chi connectivity index (χ0v) is 28.6. The van der Waals surface area contributed by atoms with Crippen molar-refractivity contribution in [2.24, 2.45) is 0 Å². The third kappa shape index (κ3) is 3.35. The van der Waals surface area contributed by atoms with Crippen LogP contribution in [0.4, 0.5) is 0 Å². The monoisotopic (exact) mass is 624 g/mol. The van der Waals surface area contributed by atoms with Crippen LogP contribution < -0.4 is 0 Å². The smallest absolute Gasteiger partial charge is 0.0159 e. The third-order valence-corrected chi connectivity index (χ3v) is 12.5. The minimum Gasteiger partial charge on any atom is -0.0616 e. The Morgan fingerprint density at radius 2 is 0.918 bits per heavy atom. The summed E-state index contributed by atoms with van der Waals surface area (Å²) in [5, 5.41) is 13.4. The van der Waals surface area contributed by atoms with Gasteiger partial charge < -0.3 is 0 Å². The highest BCUT2D eigenvalue weighted by molar-refractivity contribution is 6.27. The van der Waals surface area contributed by atoms with Crippen molar-refractivity contribution in [2.45, 2.75) is 45.4 Å². The van der Waals surface area contributed by atoms with Gasteiger partial charge in [-0.05, 0) is 152 Å². The molecule has 0 atom stereocenters. The van der Waals surface area contributed by atoms with E-state index in [1.165, 1.54) is 115 Å². The Morgan fingerprint density at radius 3 is 1.63 bits per heavy atom. The molecule has 0 heterocycles. The standard InChI is InChI=1S/C49H36/c1-27-21-42-46(36-15-9-8-13-33(27)36)38-25-41-39(26-40(38)48(42,2)3)47-37-20-19-30-23-32(35-16-10-12-28-11-6-7-14-34(28)35)22-29-17-18-31(45(37)44(29)30)24-43(47)49(41,4)5/h6-26H,1-5H3. The van der Waals surface area contributed by atoms with Gasteiger partial charge in [-0.1, -0.05) is 125 Å². The van der Waals surface area contributed by atoms with Crippen LogP contribution in [0.15, 0.2) is 127 Å². The number of benzene rings is 9. The lowest BCUT2D eigenvalue weighted by Crippen LogP contribution is -2.17. The second-order valence-electron chi connectivity index (χ2n) is 15.8. The molecule has 0 fully saturated rings. The SMILES string of the molecule is Cc1cc2c(c3ccccc13)-c1cc3c(cc1C2(C)C)-c1c(cc2ccc4cc(-c5cccc6ccccc56)cc5ccc1c2c45)C3(C)C. The Labute approximate surface area is 287 Å². The van der Waals surface area contributed by atoms with Crippen LogP contribution in [0.25, 0.3) is 87.2 Å². The van der Waals surface area contributed by atoms with Gasteiger partial charge in [-0.15, -0.1) is 0 Å². The summed E-state index contributed by atoms with van der Waals surface area (Å²) in [6, 6.07) is 48.8. The molecular formula is C49H36. The normalized spacial score (nSPS) is 15.4. The average Bonchev–Trinajstić information content (AvgIpc) is 3.47. The molecule has 0 radical (unpaired) electrons. The van der Waals surface area contributed by atoms with E-state index in [0.717, 1.165) is 0 Å². The predicted molar refractivity (Wildman–Crippen MR) is 210 cm³/mol. The van der Waals surface area contributed by atoms with Crippen molar-refractivity contribution >= 4 is 53.9 Å². The van der Waals surface area contributed by atoms with Gasteiger partial charge in [0, 0.05) is 10.8 Å². The maximum atomic E-state index is 2.58. The van der Waals surface area contributed by atoms with Crippen LogP contribution >= 0.6 is 0 Å². The van der Waals surface area contributed by atoms with Gasteiger partial charge in [0.25, 0.3) is 0 Å². The molecule has 0 saturated heterocycles. The largest absolute Gasteiger partial charge is 0.0616 e. The first-order valence-corrected chi connectivity index (χ1v) is 17.7. The zero-order chi connectivity index (χ0) is 33.0. The summed E-state index contributed by atoms with van der Waals surface area (Å²) in [7, 11) is 0. The molecule has 0 N–H and O–H groups in total. The van der Waals surface area contributed by atoms with Crippen molar-refractivity contribution in [3.63, 3.8) is 0 Å². The van der Waals surface area contributed by atoms with Crippen LogP contribution in [0.5, 0.6) is 0 Å². The van der Waals surface area contributed by atoms with Crippen molar-refractivity contribution in [1.82, 2.24) is 0 Å². The molecule has 11 rings (SSSR count). The van der Waals surface area contributed by atoms with Gasteiger partial charge in [0.05, 0.1) is 0 Å². The minimum absolute atomic E-state index is 0.0802. The summed E-state index contributed by atoms with van der Waals surface area (Å²) < 4.78 is 0. The van der Waals surface area contributed by atoms with Crippen LogP contribution in [0.1, 0.15) is 55.5 Å². The summed E-state index contributed by atoms with van der Waals surface area (Å²) in [5.74, 6) is 0. The summed E-state index contributed by atoms with van der Waals surface area (Å²) >= 11 is 0. The van der Waals surface area contributed by atoms with Gasteiger partial charge in [-0.2, -0.15) is 0 Å². The minimum atomic E-state index is -0.112. The molecular weight excluding hydrogens is 589 g/mol. The summed E-state index contributed by atoms with van der Waals surface area (Å²) in [6.45, 7) is 12.0. The van der Waals surface area contributed by atoms with Crippen LogP contribution in [0, 0.1) is 6.92 Å². The summed E-state index contributed by atoms with van der Waals surface area (Å²) in [6.07, 6.45) is 0. The number of fused-ring (bicyclic) bond motifs is 10. The first-order chi connectivity index (χ1) is 23.7. The molecule has 49 heavy (non-hydrogen) atoms. The van der Waals surface area contributed by atoms with Crippen LogP contribution in [0.3, 0.4) is 0 Å². The summed E-state index contributed by atoms with van der Waals surface area (Å²) in [4.78, 5) is 0. The summed E-state index contributed by atoms with van der Waals surface area (Å²) in [5.41, 5.74) is 15.2. The molecule has 0 heteroatoms. The molecule has 0 unspecified atom stereocenters. The Hall–Kier alpha value is -5.46. The van der Waals surface area contributed by atoms with Crippen molar-refractivity contribution in [3.05, 3.63) is 155 Å². The van der Waals surface area contributed by atoms with Gasteiger partial charge in [-0.3, -0.25) is 0 Å². The van der Waals surface area contributed by atoms with Gasteiger partial charge in [0.15, 0.2) is 0 Å².